The van der Waals surface area contributed by atoms with Crippen LogP contribution in [0.4, 0.5) is 17.1 Å². The van der Waals surface area contributed by atoms with Crippen molar-refractivity contribution in [3.05, 3.63) is 90.0 Å². The van der Waals surface area contributed by atoms with E-state index in [9.17, 15) is 24.3 Å². The molecule has 1 spiro atoms. The Morgan fingerprint density at radius 1 is 1.07 bits per heavy atom. The number of hydrogen-bond acceptors (Lipinski definition) is 6. The zero-order chi connectivity index (χ0) is 31.9. The molecule has 0 unspecified atom stereocenters. The number of carbonyl (C=O) groups excluding carboxylic acids is 3. The number of rotatable bonds is 9. The lowest BCUT2D eigenvalue weighted by molar-refractivity contribution is -0.150. The second-order valence-electron chi connectivity index (χ2n) is 13.0. The lowest BCUT2D eigenvalue weighted by atomic mass is 9.82. The lowest BCUT2D eigenvalue weighted by Gasteiger charge is -2.32. The summed E-state index contributed by atoms with van der Waals surface area (Å²) in [6.07, 6.45) is 1.77. The van der Waals surface area contributed by atoms with Crippen molar-refractivity contribution < 1.29 is 29.0 Å². The van der Waals surface area contributed by atoms with Crippen molar-refractivity contribution >= 4 is 43.6 Å². The average molecular weight is 628 g/mol. The van der Waals surface area contributed by atoms with E-state index in [1.165, 1.54) is 0 Å². The van der Waals surface area contributed by atoms with Gasteiger partial charge in [0.25, 0.3) is 5.91 Å². The fourth-order valence-corrected chi connectivity index (χ4v) is 10.4. The Kier molecular flexibility index (Phi) is 8.42. The van der Waals surface area contributed by atoms with Gasteiger partial charge in [-0.1, -0.05) is 55.5 Å². The standard InChI is InChI=1S/C35H41N3O6Si/c1-24-33(45(2,3)43)31(20-32(41)36-18-10-15-28(36)22-39)44-35(24)29-16-7-8-17-30(29)37(34(35)42)21-25-11-9-14-27(19-25)38(23-40)26-12-5-4-6-13-26/h4-9,11-14,16-17,19,23-24,28,31,33,39,43H,10,15,18,20-22H2,1-3H3/t24-,28+,31+,33-,35+/m1/s1. The van der Waals surface area contributed by atoms with Crippen molar-refractivity contribution in [2.45, 2.75) is 69.1 Å². The van der Waals surface area contributed by atoms with E-state index in [0.29, 0.717) is 12.2 Å². The Balaban J connectivity index is 1.33. The van der Waals surface area contributed by atoms with Crippen molar-refractivity contribution in [2.75, 3.05) is 23.0 Å². The number of fused-ring (bicyclic) bond motifs is 2. The van der Waals surface area contributed by atoms with Crippen molar-refractivity contribution in [1.29, 1.82) is 0 Å². The van der Waals surface area contributed by atoms with Crippen LogP contribution in [0.25, 0.3) is 0 Å². The molecule has 6 rings (SSSR count). The van der Waals surface area contributed by atoms with Crippen LogP contribution in [0.1, 0.15) is 37.3 Å². The Hall–Kier alpha value is -3.83. The third-order valence-corrected chi connectivity index (χ3v) is 12.3. The molecule has 0 aliphatic carbocycles. The molecule has 3 aliphatic heterocycles. The first-order valence-electron chi connectivity index (χ1n) is 15.7. The molecule has 3 aromatic rings. The van der Waals surface area contributed by atoms with Crippen LogP contribution in [0.2, 0.25) is 18.6 Å². The second-order valence-corrected chi connectivity index (χ2v) is 17.0. The number of aliphatic hydroxyl groups is 1. The van der Waals surface area contributed by atoms with Crippen LogP contribution < -0.4 is 9.80 Å². The normalized spacial score (nSPS) is 26.0. The summed E-state index contributed by atoms with van der Waals surface area (Å²) >= 11 is 0. The minimum absolute atomic E-state index is 0.0444. The lowest BCUT2D eigenvalue weighted by Crippen LogP contribution is -2.46. The summed E-state index contributed by atoms with van der Waals surface area (Å²) in [4.78, 5) is 56.9. The van der Waals surface area contributed by atoms with Crippen LogP contribution in [-0.2, 0) is 31.3 Å². The van der Waals surface area contributed by atoms with Crippen LogP contribution in [0.3, 0.4) is 0 Å². The fraction of sp³-hybridized carbons (Fsp3) is 0.400. The quantitative estimate of drug-likeness (QED) is 0.263. The van der Waals surface area contributed by atoms with E-state index in [1.54, 1.807) is 14.7 Å². The van der Waals surface area contributed by atoms with E-state index in [0.717, 1.165) is 41.8 Å². The van der Waals surface area contributed by atoms with Crippen molar-refractivity contribution in [3.8, 4) is 0 Å². The summed E-state index contributed by atoms with van der Waals surface area (Å²) in [6.45, 7) is 6.42. The number of anilines is 3. The molecule has 3 heterocycles. The third-order valence-electron chi connectivity index (χ3n) is 9.84. The molecule has 2 saturated heterocycles. The molecule has 9 nitrogen and oxygen atoms in total. The number of amides is 3. The first-order chi connectivity index (χ1) is 21.6. The first-order valence-corrected chi connectivity index (χ1v) is 18.7. The van der Waals surface area contributed by atoms with E-state index in [1.807, 2.05) is 98.9 Å². The maximum Gasteiger partial charge on any atom is 0.264 e. The fourth-order valence-electron chi connectivity index (χ4n) is 7.88. The van der Waals surface area contributed by atoms with E-state index >= 15 is 0 Å². The third kappa shape index (κ3) is 5.39. The van der Waals surface area contributed by atoms with Gasteiger partial charge < -0.3 is 24.4 Å². The van der Waals surface area contributed by atoms with Gasteiger partial charge in [-0.3, -0.25) is 19.3 Å². The van der Waals surface area contributed by atoms with Crippen LogP contribution >= 0.6 is 0 Å². The summed E-state index contributed by atoms with van der Waals surface area (Å²) in [6, 6.07) is 24.3. The number of para-hydroxylation sites is 2. The highest BCUT2D eigenvalue weighted by molar-refractivity contribution is 6.71. The summed E-state index contributed by atoms with van der Waals surface area (Å²) < 4.78 is 6.82. The zero-order valence-corrected chi connectivity index (χ0v) is 27.0. The molecule has 5 atom stereocenters. The largest absolute Gasteiger partial charge is 0.432 e. The number of benzene rings is 3. The number of nitrogens with zero attached hydrogens (tertiary/aromatic N) is 3. The van der Waals surface area contributed by atoms with Gasteiger partial charge in [-0.2, -0.15) is 0 Å². The molecule has 45 heavy (non-hydrogen) atoms. The van der Waals surface area contributed by atoms with Gasteiger partial charge in [0, 0.05) is 34.9 Å². The molecule has 0 bridgehead atoms. The van der Waals surface area contributed by atoms with E-state index in [-0.39, 0.29) is 48.9 Å². The highest BCUT2D eigenvalue weighted by Gasteiger charge is 2.66. The van der Waals surface area contributed by atoms with Gasteiger partial charge in [-0.15, -0.1) is 0 Å². The zero-order valence-electron chi connectivity index (χ0n) is 26.0. The average Bonchev–Trinajstić information content (AvgIpc) is 3.69. The minimum atomic E-state index is -2.93. The summed E-state index contributed by atoms with van der Waals surface area (Å²) in [7, 11) is -2.93. The Morgan fingerprint density at radius 2 is 1.78 bits per heavy atom. The van der Waals surface area contributed by atoms with Gasteiger partial charge in [-0.25, -0.2) is 0 Å². The molecule has 0 aromatic heterocycles. The van der Waals surface area contributed by atoms with Crippen LogP contribution in [-0.4, -0.2) is 66.6 Å². The van der Waals surface area contributed by atoms with Crippen LogP contribution in [0, 0.1) is 5.92 Å². The first kappa shape index (κ1) is 31.2. The second kappa shape index (κ2) is 12.2. The minimum Gasteiger partial charge on any atom is -0.432 e. The van der Waals surface area contributed by atoms with Crippen LogP contribution in [0.5, 0.6) is 0 Å². The van der Waals surface area contributed by atoms with Gasteiger partial charge in [0.15, 0.2) is 13.9 Å². The molecule has 3 aliphatic rings. The summed E-state index contributed by atoms with van der Waals surface area (Å²) in [5.74, 6) is -0.720. The molecular weight excluding hydrogens is 586 g/mol. The van der Waals surface area contributed by atoms with Crippen molar-refractivity contribution in [2.24, 2.45) is 5.92 Å². The predicted molar refractivity (Wildman–Crippen MR) is 174 cm³/mol. The van der Waals surface area contributed by atoms with Gasteiger partial charge in [0.2, 0.25) is 12.3 Å². The van der Waals surface area contributed by atoms with E-state index in [2.05, 4.69) is 0 Å². The maximum atomic E-state index is 14.7. The van der Waals surface area contributed by atoms with Gasteiger partial charge in [-0.05, 0) is 61.8 Å². The molecule has 0 saturated carbocycles. The Morgan fingerprint density at radius 3 is 2.49 bits per heavy atom. The van der Waals surface area contributed by atoms with Gasteiger partial charge in [0.1, 0.15) is 0 Å². The molecule has 0 radical (unpaired) electrons. The Labute approximate surface area is 265 Å². The Bertz CT molecular complexity index is 1580. The molecule has 3 aromatic carbocycles. The summed E-state index contributed by atoms with van der Waals surface area (Å²) in [5, 5.41) is 9.82. The SMILES string of the molecule is C[C@@H]1[C@@H]([Si](C)(C)O)[C@H](CC(=O)N2CCC[C@H]2CO)O[C@@]12C(=O)N(Cc1cccc(N(C=O)c3ccccc3)c1)c1ccccc12. The van der Waals surface area contributed by atoms with Crippen molar-refractivity contribution in [3.63, 3.8) is 0 Å². The molecular formula is C35H41N3O6Si. The predicted octanol–water partition coefficient (Wildman–Crippen LogP) is 4.70. The summed E-state index contributed by atoms with van der Waals surface area (Å²) in [5.41, 5.74) is 2.01. The highest BCUT2D eigenvalue weighted by atomic mass is 28.4. The smallest absolute Gasteiger partial charge is 0.264 e. The van der Waals surface area contributed by atoms with Gasteiger partial charge in [0.05, 0.1) is 37.4 Å². The van der Waals surface area contributed by atoms with Gasteiger partial charge >= 0.3 is 0 Å². The molecule has 10 heteroatoms. The number of carbonyl (C=O) groups is 3. The maximum absolute atomic E-state index is 14.7. The van der Waals surface area contributed by atoms with E-state index in [4.69, 9.17) is 4.74 Å². The molecule has 3 amide bonds. The van der Waals surface area contributed by atoms with Crippen LogP contribution in [0.15, 0.2) is 78.9 Å². The topological polar surface area (TPSA) is 111 Å². The molecule has 236 valence electrons. The van der Waals surface area contributed by atoms with Crippen molar-refractivity contribution in [1.82, 2.24) is 4.90 Å². The molecule has 2 N–H and O–H groups in total. The number of aliphatic hydroxyl groups excluding tert-OH is 1. The monoisotopic (exact) mass is 627 g/mol. The van der Waals surface area contributed by atoms with E-state index < -0.39 is 20.0 Å². The highest BCUT2D eigenvalue weighted by Crippen LogP contribution is 2.59. The molecule has 2 fully saturated rings. The number of ether oxygens (including phenoxy) is 1. The number of likely N-dealkylation sites (tertiary alicyclic amines) is 1. The number of hydrogen-bond donors (Lipinski definition) is 2.